The highest BCUT2D eigenvalue weighted by atomic mass is 32.1. The van der Waals surface area contributed by atoms with Gasteiger partial charge in [0.15, 0.2) is 0 Å². The van der Waals surface area contributed by atoms with Gasteiger partial charge in [0.25, 0.3) is 5.91 Å². The Kier molecular flexibility index (Phi) is 5.69. The normalized spacial score (nSPS) is 18.5. The van der Waals surface area contributed by atoms with Crippen LogP contribution in [0.25, 0.3) is 0 Å². The Morgan fingerprint density at radius 2 is 2.38 bits per heavy atom. The Labute approximate surface area is 129 Å². The molecule has 116 valence electrons. The molecule has 1 fully saturated rings. The first kappa shape index (κ1) is 15.9. The average molecular weight is 310 g/mol. The number of nitrogens with one attached hydrogen (secondary N) is 1. The lowest BCUT2D eigenvalue weighted by atomic mass is 10.1. The van der Waals surface area contributed by atoms with Crippen LogP contribution >= 0.6 is 11.3 Å². The van der Waals surface area contributed by atoms with E-state index >= 15 is 0 Å². The molecular formula is C14H22N4O2S. The summed E-state index contributed by atoms with van der Waals surface area (Å²) in [5.41, 5.74) is 1.65. The van der Waals surface area contributed by atoms with E-state index in [0.717, 1.165) is 25.9 Å². The highest BCUT2D eigenvalue weighted by Crippen LogP contribution is 2.20. The predicted octanol–water partition coefficient (Wildman–Crippen LogP) is 0.816. The zero-order valence-electron chi connectivity index (χ0n) is 12.5. The number of hydrogen-bond acceptors (Lipinski definition) is 5. The molecule has 0 aliphatic carbocycles. The second-order valence-corrected chi connectivity index (χ2v) is 6.38. The minimum atomic E-state index is -0.0818. The maximum atomic E-state index is 11.9. The molecule has 0 saturated carbocycles. The predicted molar refractivity (Wildman–Crippen MR) is 82.4 cm³/mol. The lowest BCUT2D eigenvalue weighted by molar-refractivity contribution is -0.129. The Balaban J connectivity index is 1.76. The zero-order valence-corrected chi connectivity index (χ0v) is 13.4. The molecule has 0 radical (unpaired) electrons. The number of thiazole rings is 1. The van der Waals surface area contributed by atoms with Gasteiger partial charge < -0.3 is 15.1 Å². The average Bonchev–Trinajstić information content (AvgIpc) is 3.07. The van der Waals surface area contributed by atoms with Gasteiger partial charge in [-0.1, -0.05) is 0 Å². The summed E-state index contributed by atoms with van der Waals surface area (Å²) in [6, 6.07) is 0.249. The van der Waals surface area contributed by atoms with Crippen LogP contribution < -0.4 is 5.32 Å². The van der Waals surface area contributed by atoms with Crippen LogP contribution in [-0.2, 0) is 4.79 Å². The van der Waals surface area contributed by atoms with Crippen molar-refractivity contribution < 1.29 is 9.59 Å². The van der Waals surface area contributed by atoms with E-state index in [1.54, 1.807) is 11.7 Å². The molecule has 1 aliphatic rings. The molecule has 0 aromatic carbocycles. The van der Waals surface area contributed by atoms with Crippen molar-refractivity contribution in [1.82, 2.24) is 20.1 Å². The molecule has 1 saturated heterocycles. The Morgan fingerprint density at radius 3 is 3.05 bits per heavy atom. The maximum Gasteiger partial charge on any atom is 0.262 e. The molecule has 1 aliphatic heterocycles. The van der Waals surface area contributed by atoms with Crippen LogP contribution in [0.1, 0.15) is 28.9 Å². The highest BCUT2D eigenvalue weighted by molar-refractivity contribution is 7.11. The quantitative estimate of drug-likeness (QED) is 0.809. The topological polar surface area (TPSA) is 65.5 Å². The van der Waals surface area contributed by atoms with Gasteiger partial charge in [-0.05, 0) is 26.9 Å². The molecule has 0 bridgehead atoms. The Bertz CT molecular complexity index is 475. The van der Waals surface area contributed by atoms with E-state index in [-0.39, 0.29) is 17.9 Å². The fourth-order valence-corrected chi connectivity index (χ4v) is 3.01. The van der Waals surface area contributed by atoms with E-state index in [1.807, 2.05) is 19.0 Å². The summed E-state index contributed by atoms with van der Waals surface area (Å²) >= 11 is 1.33. The smallest absolute Gasteiger partial charge is 0.262 e. The van der Waals surface area contributed by atoms with Crippen LogP contribution in [0.2, 0.25) is 0 Å². The van der Waals surface area contributed by atoms with Crippen molar-refractivity contribution in [3.63, 3.8) is 0 Å². The number of hydrogen-bond donors (Lipinski definition) is 1. The van der Waals surface area contributed by atoms with E-state index < -0.39 is 0 Å². The van der Waals surface area contributed by atoms with Crippen molar-refractivity contribution in [2.24, 2.45) is 0 Å². The van der Waals surface area contributed by atoms with Crippen LogP contribution in [0.4, 0.5) is 0 Å². The number of likely N-dealkylation sites (N-methyl/N-ethyl adjacent to an activating group) is 1. The van der Waals surface area contributed by atoms with Gasteiger partial charge in [0.1, 0.15) is 4.88 Å². The van der Waals surface area contributed by atoms with Gasteiger partial charge in [-0.3, -0.25) is 14.6 Å². The molecule has 1 atom stereocenters. The fraction of sp³-hybridized carbons (Fsp3) is 0.643. The molecule has 1 N–H and O–H groups in total. The molecule has 1 aromatic heterocycles. The minimum absolute atomic E-state index is 0.0818. The number of aromatic nitrogens is 1. The fourth-order valence-electron chi connectivity index (χ4n) is 2.48. The summed E-state index contributed by atoms with van der Waals surface area (Å²) in [6.07, 6.45) is 3.90. The highest BCUT2D eigenvalue weighted by Gasteiger charge is 2.30. The molecular weight excluding hydrogens is 288 g/mol. The summed E-state index contributed by atoms with van der Waals surface area (Å²) < 4.78 is 0. The van der Waals surface area contributed by atoms with E-state index in [1.165, 1.54) is 11.3 Å². The number of likely N-dealkylation sites (tertiary alicyclic amines) is 1. The standard InChI is InChI=1S/C14H22N4O2S/c1-17(2)7-8-18-11(3-4-13(18)19)5-6-16-14(20)12-9-15-10-21-12/h9-11H,3-8H2,1-2H3,(H,16,20). The molecule has 21 heavy (non-hydrogen) atoms. The van der Waals surface area contributed by atoms with Crippen molar-refractivity contribution in [2.45, 2.75) is 25.3 Å². The molecule has 2 rings (SSSR count). The molecule has 0 spiro atoms. The number of carbonyl (C=O) groups excluding carboxylic acids is 2. The van der Waals surface area contributed by atoms with Crippen LogP contribution in [0.3, 0.4) is 0 Å². The van der Waals surface area contributed by atoms with Crippen molar-refractivity contribution in [2.75, 3.05) is 33.7 Å². The lowest BCUT2D eigenvalue weighted by Gasteiger charge is -2.26. The van der Waals surface area contributed by atoms with Crippen LogP contribution in [0.15, 0.2) is 11.7 Å². The van der Waals surface area contributed by atoms with Crippen molar-refractivity contribution >= 4 is 23.2 Å². The van der Waals surface area contributed by atoms with Crippen molar-refractivity contribution in [3.05, 3.63) is 16.6 Å². The van der Waals surface area contributed by atoms with Gasteiger partial charge in [-0.15, -0.1) is 11.3 Å². The number of rotatable bonds is 7. The van der Waals surface area contributed by atoms with Crippen molar-refractivity contribution in [1.29, 1.82) is 0 Å². The number of carbonyl (C=O) groups is 2. The van der Waals surface area contributed by atoms with Crippen LogP contribution in [0, 0.1) is 0 Å². The third-order valence-electron chi connectivity index (χ3n) is 3.66. The molecule has 2 amide bonds. The first-order valence-corrected chi connectivity index (χ1v) is 8.07. The largest absolute Gasteiger partial charge is 0.351 e. The van der Waals surface area contributed by atoms with Crippen LogP contribution in [0.5, 0.6) is 0 Å². The van der Waals surface area contributed by atoms with Gasteiger partial charge in [0.2, 0.25) is 5.91 Å². The number of nitrogens with zero attached hydrogens (tertiary/aromatic N) is 3. The Hall–Kier alpha value is -1.47. The first-order chi connectivity index (χ1) is 10.1. The summed E-state index contributed by atoms with van der Waals surface area (Å²) in [5.74, 6) is 0.150. The maximum absolute atomic E-state index is 11.9. The van der Waals surface area contributed by atoms with E-state index in [0.29, 0.717) is 17.8 Å². The van der Waals surface area contributed by atoms with E-state index in [9.17, 15) is 9.59 Å². The third kappa shape index (κ3) is 4.50. The van der Waals surface area contributed by atoms with Gasteiger partial charge >= 0.3 is 0 Å². The molecule has 7 heteroatoms. The monoisotopic (exact) mass is 310 g/mol. The summed E-state index contributed by atoms with van der Waals surface area (Å²) in [5, 5.41) is 2.90. The van der Waals surface area contributed by atoms with Gasteiger partial charge in [0.05, 0.1) is 11.7 Å². The molecule has 2 heterocycles. The molecule has 6 nitrogen and oxygen atoms in total. The molecule has 1 aromatic rings. The summed E-state index contributed by atoms with van der Waals surface area (Å²) in [6.45, 7) is 2.22. The van der Waals surface area contributed by atoms with Crippen molar-refractivity contribution in [3.8, 4) is 0 Å². The first-order valence-electron chi connectivity index (χ1n) is 7.19. The van der Waals surface area contributed by atoms with Gasteiger partial charge in [0, 0.05) is 32.1 Å². The molecule has 1 unspecified atom stereocenters. The van der Waals surface area contributed by atoms with E-state index in [2.05, 4.69) is 15.2 Å². The van der Waals surface area contributed by atoms with Gasteiger partial charge in [-0.2, -0.15) is 0 Å². The lowest BCUT2D eigenvalue weighted by Crippen LogP contribution is -2.39. The SMILES string of the molecule is CN(C)CCN1C(=O)CCC1CCNC(=O)c1cncs1. The summed E-state index contributed by atoms with van der Waals surface area (Å²) in [7, 11) is 4.01. The minimum Gasteiger partial charge on any atom is -0.351 e. The Morgan fingerprint density at radius 1 is 1.57 bits per heavy atom. The second kappa shape index (κ2) is 7.51. The second-order valence-electron chi connectivity index (χ2n) is 5.49. The zero-order chi connectivity index (χ0) is 15.2. The summed E-state index contributed by atoms with van der Waals surface area (Å²) in [4.78, 5) is 32.3. The third-order valence-corrected chi connectivity index (χ3v) is 4.43. The van der Waals surface area contributed by atoms with Crippen LogP contribution in [-0.4, -0.2) is 66.4 Å². The number of amides is 2. The van der Waals surface area contributed by atoms with E-state index in [4.69, 9.17) is 0 Å². The van der Waals surface area contributed by atoms with Gasteiger partial charge in [-0.25, -0.2) is 0 Å².